The number of nitro benzene ring substituents is 1. The molecule has 2 N–H and O–H groups in total. The smallest absolute Gasteiger partial charge is 0.341 e. The van der Waals surface area contributed by atoms with Gasteiger partial charge in [0.2, 0.25) is 0 Å². The van der Waals surface area contributed by atoms with E-state index in [-0.39, 0.29) is 17.1 Å². The van der Waals surface area contributed by atoms with E-state index in [1.165, 1.54) is 17.7 Å². The SMILES string of the molecule is O=C(O)COc1ccc([N+](=O)[O-])cc1NC(=O)c1ccc(OCCCCc2ccccc2)cc1. The maximum Gasteiger partial charge on any atom is 0.341 e. The van der Waals surface area contributed by atoms with E-state index in [4.69, 9.17) is 14.6 Å². The van der Waals surface area contributed by atoms with Gasteiger partial charge in [-0.1, -0.05) is 30.3 Å². The molecule has 0 aliphatic carbocycles. The van der Waals surface area contributed by atoms with E-state index >= 15 is 0 Å². The summed E-state index contributed by atoms with van der Waals surface area (Å²) in [5.74, 6) is -1.12. The number of carboxylic acids is 1. The maximum atomic E-state index is 12.6. The molecule has 3 aromatic carbocycles. The number of aliphatic carboxylic acids is 1. The molecule has 0 aliphatic heterocycles. The highest BCUT2D eigenvalue weighted by molar-refractivity contribution is 6.05. The molecule has 9 heteroatoms. The predicted octanol–water partition coefficient (Wildman–Crippen LogP) is 4.71. The highest BCUT2D eigenvalue weighted by Gasteiger charge is 2.16. The second-order valence-corrected chi connectivity index (χ2v) is 7.39. The monoisotopic (exact) mass is 464 g/mol. The number of benzene rings is 3. The quantitative estimate of drug-likeness (QED) is 0.226. The van der Waals surface area contributed by atoms with Crippen molar-refractivity contribution in [2.45, 2.75) is 19.3 Å². The van der Waals surface area contributed by atoms with E-state index < -0.39 is 23.4 Å². The fourth-order valence-corrected chi connectivity index (χ4v) is 3.16. The van der Waals surface area contributed by atoms with Gasteiger partial charge in [0.05, 0.1) is 17.2 Å². The molecular formula is C25H24N2O7. The van der Waals surface area contributed by atoms with Crippen LogP contribution in [0.4, 0.5) is 11.4 Å². The Morgan fingerprint density at radius 3 is 2.35 bits per heavy atom. The molecule has 0 aliphatic rings. The van der Waals surface area contributed by atoms with Crippen LogP contribution in [0.5, 0.6) is 11.5 Å². The Hall–Kier alpha value is -4.40. The van der Waals surface area contributed by atoms with Gasteiger partial charge in [-0.15, -0.1) is 0 Å². The molecule has 34 heavy (non-hydrogen) atoms. The third kappa shape index (κ3) is 7.33. The van der Waals surface area contributed by atoms with Crippen LogP contribution in [0, 0.1) is 10.1 Å². The number of carbonyl (C=O) groups excluding carboxylic acids is 1. The molecule has 0 unspecified atom stereocenters. The zero-order chi connectivity index (χ0) is 24.3. The second kappa shape index (κ2) is 12.0. The summed E-state index contributed by atoms with van der Waals surface area (Å²) in [6, 6.07) is 20.2. The summed E-state index contributed by atoms with van der Waals surface area (Å²) in [6.45, 7) is -0.103. The number of hydrogen-bond acceptors (Lipinski definition) is 6. The van der Waals surface area contributed by atoms with Crippen molar-refractivity contribution in [3.63, 3.8) is 0 Å². The Morgan fingerprint density at radius 1 is 0.941 bits per heavy atom. The van der Waals surface area contributed by atoms with Crippen LogP contribution >= 0.6 is 0 Å². The van der Waals surface area contributed by atoms with E-state index in [0.717, 1.165) is 25.3 Å². The predicted molar refractivity (Wildman–Crippen MR) is 125 cm³/mol. The Labute approximate surface area is 196 Å². The summed E-state index contributed by atoms with van der Waals surface area (Å²) in [6.07, 6.45) is 2.88. The molecule has 3 rings (SSSR count). The van der Waals surface area contributed by atoms with Gasteiger partial charge in [-0.05, 0) is 55.2 Å². The first-order chi connectivity index (χ1) is 16.4. The average Bonchev–Trinajstić information content (AvgIpc) is 2.84. The molecule has 0 spiro atoms. The number of nitrogens with zero attached hydrogens (tertiary/aromatic N) is 1. The van der Waals surface area contributed by atoms with Crippen LogP contribution in [0.15, 0.2) is 72.8 Å². The molecule has 0 radical (unpaired) electrons. The van der Waals surface area contributed by atoms with Gasteiger partial charge in [0.25, 0.3) is 11.6 Å². The van der Waals surface area contributed by atoms with Crippen LogP contribution in [-0.2, 0) is 11.2 Å². The van der Waals surface area contributed by atoms with Gasteiger partial charge in [0, 0.05) is 17.7 Å². The van der Waals surface area contributed by atoms with Gasteiger partial charge in [-0.2, -0.15) is 0 Å². The molecular weight excluding hydrogens is 440 g/mol. The van der Waals surface area contributed by atoms with E-state index in [9.17, 15) is 19.7 Å². The fourth-order valence-electron chi connectivity index (χ4n) is 3.16. The van der Waals surface area contributed by atoms with Crippen molar-refractivity contribution in [3.8, 4) is 11.5 Å². The zero-order valence-electron chi connectivity index (χ0n) is 18.3. The molecule has 0 bridgehead atoms. The largest absolute Gasteiger partial charge is 0.494 e. The van der Waals surface area contributed by atoms with Crippen molar-refractivity contribution in [2.75, 3.05) is 18.5 Å². The summed E-state index contributed by atoms with van der Waals surface area (Å²) in [7, 11) is 0. The molecule has 1 amide bonds. The number of unbranched alkanes of at least 4 members (excludes halogenated alkanes) is 1. The standard InChI is InChI=1S/C25H24N2O7/c28-24(29)17-34-23-14-11-20(27(31)32)16-22(23)26-25(30)19-9-12-21(13-10-19)33-15-5-4-8-18-6-2-1-3-7-18/h1-3,6-7,9-14,16H,4-5,8,15,17H2,(H,26,30)(H,28,29). The Bertz CT molecular complexity index is 1130. The number of anilines is 1. The van der Waals surface area contributed by atoms with Crippen LogP contribution in [0.1, 0.15) is 28.8 Å². The molecule has 0 saturated heterocycles. The maximum absolute atomic E-state index is 12.6. The first-order valence-electron chi connectivity index (χ1n) is 10.6. The van der Waals surface area contributed by atoms with Gasteiger partial charge in [0.15, 0.2) is 6.61 Å². The lowest BCUT2D eigenvalue weighted by Crippen LogP contribution is -2.15. The molecule has 0 saturated carbocycles. The van der Waals surface area contributed by atoms with Gasteiger partial charge in [-0.3, -0.25) is 14.9 Å². The minimum Gasteiger partial charge on any atom is -0.494 e. The van der Waals surface area contributed by atoms with E-state index in [0.29, 0.717) is 17.9 Å². The Morgan fingerprint density at radius 2 is 1.68 bits per heavy atom. The minimum atomic E-state index is -1.22. The first-order valence-corrected chi connectivity index (χ1v) is 10.6. The van der Waals surface area contributed by atoms with Crippen LogP contribution in [0.25, 0.3) is 0 Å². The Balaban J connectivity index is 1.55. The third-order valence-electron chi connectivity index (χ3n) is 4.86. The van der Waals surface area contributed by atoms with Crippen LogP contribution in [0.2, 0.25) is 0 Å². The van der Waals surface area contributed by atoms with Crippen molar-refractivity contribution in [3.05, 3.63) is 94.0 Å². The van der Waals surface area contributed by atoms with Gasteiger partial charge in [-0.25, -0.2) is 4.79 Å². The van der Waals surface area contributed by atoms with E-state index in [1.54, 1.807) is 24.3 Å². The molecule has 3 aromatic rings. The highest BCUT2D eigenvalue weighted by Crippen LogP contribution is 2.30. The molecule has 0 fully saturated rings. The molecule has 0 atom stereocenters. The number of nitrogens with one attached hydrogen (secondary N) is 1. The van der Waals surface area contributed by atoms with Crippen LogP contribution < -0.4 is 14.8 Å². The van der Waals surface area contributed by atoms with Crippen molar-refractivity contribution >= 4 is 23.3 Å². The second-order valence-electron chi connectivity index (χ2n) is 7.39. The summed E-state index contributed by atoms with van der Waals surface area (Å²) in [4.78, 5) is 33.9. The van der Waals surface area contributed by atoms with E-state index in [2.05, 4.69) is 17.4 Å². The van der Waals surface area contributed by atoms with Gasteiger partial charge < -0.3 is 19.9 Å². The van der Waals surface area contributed by atoms with Crippen molar-refractivity contribution in [1.82, 2.24) is 0 Å². The number of hydrogen-bond donors (Lipinski definition) is 2. The number of rotatable bonds is 12. The van der Waals surface area contributed by atoms with Gasteiger partial charge >= 0.3 is 5.97 Å². The molecule has 0 aromatic heterocycles. The Kier molecular flexibility index (Phi) is 8.56. The normalized spacial score (nSPS) is 10.4. The minimum absolute atomic E-state index is 0.000748. The third-order valence-corrected chi connectivity index (χ3v) is 4.86. The number of ether oxygens (including phenoxy) is 2. The van der Waals surface area contributed by atoms with Crippen molar-refractivity contribution in [1.29, 1.82) is 0 Å². The van der Waals surface area contributed by atoms with Crippen LogP contribution in [0.3, 0.4) is 0 Å². The summed E-state index contributed by atoms with van der Waals surface area (Å²) >= 11 is 0. The summed E-state index contributed by atoms with van der Waals surface area (Å²) in [5, 5.41) is 22.4. The summed E-state index contributed by atoms with van der Waals surface area (Å²) < 4.78 is 10.9. The van der Waals surface area contributed by atoms with E-state index in [1.807, 2.05) is 18.2 Å². The zero-order valence-corrected chi connectivity index (χ0v) is 18.3. The average molecular weight is 464 g/mol. The number of nitro groups is 1. The van der Waals surface area contributed by atoms with Crippen molar-refractivity contribution < 1.29 is 29.1 Å². The highest BCUT2D eigenvalue weighted by atomic mass is 16.6. The molecule has 176 valence electrons. The van der Waals surface area contributed by atoms with Gasteiger partial charge in [0.1, 0.15) is 11.5 Å². The number of non-ortho nitro benzene ring substituents is 1. The van der Waals surface area contributed by atoms with Crippen LogP contribution in [-0.4, -0.2) is 35.1 Å². The molecule has 9 nitrogen and oxygen atoms in total. The van der Waals surface area contributed by atoms with Crippen molar-refractivity contribution in [2.24, 2.45) is 0 Å². The fraction of sp³-hybridized carbons (Fsp3) is 0.200. The number of amides is 1. The topological polar surface area (TPSA) is 128 Å². The number of carboxylic acid groups (broad SMARTS) is 1. The number of aryl methyl sites for hydroxylation is 1. The first kappa shape index (κ1) is 24.2. The lowest BCUT2D eigenvalue weighted by atomic mass is 10.1. The molecule has 0 heterocycles. The summed E-state index contributed by atoms with van der Waals surface area (Å²) in [5.41, 5.74) is 1.32. The lowest BCUT2D eigenvalue weighted by Gasteiger charge is -2.12. The number of carbonyl (C=O) groups is 2. The lowest BCUT2D eigenvalue weighted by molar-refractivity contribution is -0.384.